The lowest BCUT2D eigenvalue weighted by molar-refractivity contribution is -0.150. The topological polar surface area (TPSA) is 88.5 Å². The molecule has 96 valence electrons. The summed E-state index contributed by atoms with van der Waals surface area (Å²) in [5.74, 6) is -1.42. The van der Waals surface area contributed by atoms with Gasteiger partial charge in [0, 0.05) is 0 Å². The van der Waals surface area contributed by atoms with Crippen LogP contribution in [0.2, 0.25) is 5.15 Å². The molecule has 0 unspecified atom stereocenters. The first kappa shape index (κ1) is 12.8. The summed E-state index contributed by atoms with van der Waals surface area (Å²) in [7, 11) is 0. The van der Waals surface area contributed by atoms with Gasteiger partial charge in [0.05, 0.1) is 11.9 Å². The van der Waals surface area contributed by atoms with E-state index in [2.05, 4.69) is 10.3 Å². The molecule has 6 nitrogen and oxygen atoms in total. The Morgan fingerprint density at radius 3 is 2.67 bits per heavy atom. The van der Waals surface area contributed by atoms with E-state index in [4.69, 9.17) is 21.4 Å². The molecular weight excluding hydrogens is 260 g/mol. The summed E-state index contributed by atoms with van der Waals surface area (Å²) in [5, 5.41) is 11.7. The van der Waals surface area contributed by atoms with Gasteiger partial charge < -0.3 is 15.2 Å². The Morgan fingerprint density at radius 1 is 1.39 bits per heavy atom. The minimum atomic E-state index is -1.04. The molecule has 0 aliphatic carbocycles. The average Bonchev–Trinajstić information content (AvgIpc) is 2.81. The van der Waals surface area contributed by atoms with Gasteiger partial charge in [0.15, 0.2) is 6.10 Å². The van der Waals surface area contributed by atoms with Gasteiger partial charge in [0.2, 0.25) is 0 Å². The zero-order valence-electron chi connectivity index (χ0n) is 9.30. The van der Waals surface area contributed by atoms with E-state index in [0.29, 0.717) is 23.7 Å². The summed E-state index contributed by atoms with van der Waals surface area (Å²) in [6.45, 7) is 0. The minimum absolute atomic E-state index is 0.330. The zero-order valence-corrected chi connectivity index (χ0v) is 10.1. The number of hydrogen-bond acceptors (Lipinski definition) is 4. The second kappa shape index (κ2) is 5.32. The number of carboxylic acids is 1. The number of pyridine rings is 1. The van der Waals surface area contributed by atoms with Crippen molar-refractivity contribution in [3.8, 4) is 0 Å². The van der Waals surface area contributed by atoms with Crippen molar-refractivity contribution in [2.75, 3.05) is 5.32 Å². The molecule has 0 radical (unpaired) electrons. The number of halogens is 1. The fraction of sp³-hybridized carbons (Fsp3) is 0.364. The Balaban J connectivity index is 1.93. The highest BCUT2D eigenvalue weighted by Crippen LogP contribution is 2.21. The molecule has 0 saturated carbocycles. The molecule has 1 aliphatic heterocycles. The average molecular weight is 271 g/mol. The van der Waals surface area contributed by atoms with Crippen LogP contribution in [0.25, 0.3) is 0 Å². The number of anilines is 1. The van der Waals surface area contributed by atoms with Crippen LogP contribution in [0.5, 0.6) is 0 Å². The van der Waals surface area contributed by atoms with E-state index in [0.717, 1.165) is 0 Å². The van der Waals surface area contributed by atoms with Crippen LogP contribution in [0.3, 0.4) is 0 Å². The standard InChI is InChI=1S/C11H11ClN2O4/c12-9-4-1-6(5-13-9)14-10(15)7-2-3-8(18-7)11(16)17/h1,4-5,7-8H,2-3H2,(H,14,15)(H,16,17)/t7-,8+/m0/s1. The van der Waals surface area contributed by atoms with Crippen molar-refractivity contribution in [2.45, 2.75) is 25.0 Å². The highest BCUT2D eigenvalue weighted by molar-refractivity contribution is 6.29. The van der Waals surface area contributed by atoms with Gasteiger partial charge >= 0.3 is 5.97 Å². The van der Waals surface area contributed by atoms with Gasteiger partial charge in [-0.25, -0.2) is 9.78 Å². The number of aromatic nitrogens is 1. The normalized spacial score (nSPS) is 22.7. The summed E-state index contributed by atoms with van der Waals surface area (Å²) in [6, 6.07) is 3.16. The van der Waals surface area contributed by atoms with Crippen molar-refractivity contribution in [1.29, 1.82) is 0 Å². The summed E-state index contributed by atoms with van der Waals surface area (Å²) >= 11 is 5.62. The highest BCUT2D eigenvalue weighted by atomic mass is 35.5. The predicted octanol–water partition coefficient (Wildman–Crippen LogP) is 1.31. The highest BCUT2D eigenvalue weighted by Gasteiger charge is 2.34. The molecule has 1 aromatic rings. The van der Waals surface area contributed by atoms with Gasteiger partial charge in [-0.05, 0) is 25.0 Å². The number of nitrogens with zero attached hydrogens (tertiary/aromatic N) is 1. The molecule has 0 bridgehead atoms. The van der Waals surface area contributed by atoms with Crippen LogP contribution in [0.15, 0.2) is 18.3 Å². The molecule has 1 aliphatic rings. The summed E-state index contributed by atoms with van der Waals surface area (Å²) < 4.78 is 5.12. The van der Waals surface area contributed by atoms with Gasteiger partial charge in [0.25, 0.3) is 5.91 Å². The predicted molar refractivity (Wildman–Crippen MR) is 63.4 cm³/mol. The molecule has 1 saturated heterocycles. The van der Waals surface area contributed by atoms with Gasteiger partial charge in [-0.1, -0.05) is 11.6 Å². The molecule has 2 N–H and O–H groups in total. The molecule has 1 aromatic heterocycles. The van der Waals surface area contributed by atoms with Gasteiger partial charge in [-0.3, -0.25) is 4.79 Å². The number of ether oxygens (including phenoxy) is 1. The second-order valence-corrected chi connectivity index (χ2v) is 4.28. The van der Waals surface area contributed by atoms with Crippen LogP contribution < -0.4 is 5.32 Å². The summed E-state index contributed by atoms with van der Waals surface area (Å²) in [6.07, 6.45) is 0.519. The Kier molecular flexibility index (Phi) is 3.78. The largest absolute Gasteiger partial charge is 0.479 e. The molecular formula is C11H11ClN2O4. The van der Waals surface area contributed by atoms with Crippen molar-refractivity contribution in [1.82, 2.24) is 4.98 Å². The third kappa shape index (κ3) is 2.96. The van der Waals surface area contributed by atoms with Crippen molar-refractivity contribution in [3.05, 3.63) is 23.5 Å². The number of carboxylic acid groups (broad SMARTS) is 1. The lowest BCUT2D eigenvalue weighted by Crippen LogP contribution is -2.29. The van der Waals surface area contributed by atoms with Crippen molar-refractivity contribution in [3.63, 3.8) is 0 Å². The molecule has 2 atom stereocenters. The smallest absolute Gasteiger partial charge is 0.332 e. The Hall–Kier alpha value is -1.66. The molecule has 2 heterocycles. The van der Waals surface area contributed by atoms with Gasteiger partial charge in [0.1, 0.15) is 11.3 Å². The van der Waals surface area contributed by atoms with Gasteiger partial charge in [-0.15, -0.1) is 0 Å². The Labute approximate surface area is 108 Å². The first-order chi connectivity index (χ1) is 8.56. The number of carbonyl (C=O) groups is 2. The number of rotatable bonds is 3. The maximum absolute atomic E-state index is 11.8. The van der Waals surface area contributed by atoms with Crippen molar-refractivity contribution < 1.29 is 19.4 Å². The maximum atomic E-state index is 11.8. The minimum Gasteiger partial charge on any atom is -0.479 e. The Morgan fingerprint density at radius 2 is 2.11 bits per heavy atom. The van der Waals surface area contributed by atoms with E-state index in [1.807, 2.05) is 0 Å². The van der Waals surface area contributed by atoms with Crippen molar-refractivity contribution in [2.24, 2.45) is 0 Å². The van der Waals surface area contributed by atoms with E-state index in [1.54, 1.807) is 12.1 Å². The lowest BCUT2D eigenvalue weighted by atomic mass is 10.2. The molecule has 2 rings (SSSR count). The number of aliphatic carboxylic acids is 1. The van der Waals surface area contributed by atoms with Crippen LogP contribution in [0, 0.1) is 0 Å². The third-order valence-corrected chi connectivity index (χ3v) is 2.81. The molecule has 18 heavy (non-hydrogen) atoms. The second-order valence-electron chi connectivity index (χ2n) is 3.89. The lowest BCUT2D eigenvalue weighted by Gasteiger charge is -2.11. The van der Waals surface area contributed by atoms with Gasteiger partial charge in [-0.2, -0.15) is 0 Å². The van der Waals surface area contributed by atoms with E-state index in [9.17, 15) is 9.59 Å². The monoisotopic (exact) mass is 270 g/mol. The molecule has 1 amide bonds. The van der Waals surface area contributed by atoms with E-state index < -0.39 is 18.2 Å². The molecule has 0 aromatic carbocycles. The number of hydrogen-bond donors (Lipinski definition) is 2. The third-order valence-electron chi connectivity index (χ3n) is 2.58. The van der Waals surface area contributed by atoms with E-state index >= 15 is 0 Å². The Bertz CT molecular complexity index is 463. The fourth-order valence-electron chi connectivity index (χ4n) is 1.68. The van der Waals surface area contributed by atoms with Crippen LogP contribution in [0.1, 0.15) is 12.8 Å². The van der Waals surface area contributed by atoms with Crippen LogP contribution in [-0.2, 0) is 14.3 Å². The molecule has 0 spiro atoms. The SMILES string of the molecule is O=C(Nc1ccc(Cl)nc1)[C@@H]1CC[C@H](C(=O)O)O1. The van der Waals surface area contributed by atoms with Crippen LogP contribution >= 0.6 is 11.6 Å². The molecule has 7 heteroatoms. The fourth-order valence-corrected chi connectivity index (χ4v) is 1.80. The first-order valence-corrected chi connectivity index (χ1v) is 5.75. The summed E-state index contributed by atoms with van der Waals surface area (Å²) in [5.41, 5.74) is 0.492. The van der Waals surface area contributed by atoms with E-state index in [1.165, 1.54) is 6.20 Å². The quantitative estimate of drug-likeness (QED) is 0.809. The summed E-state index contributed by atoms with van der Waals surface area (Å²) in [4.78, 5) is 26.3. The van der Waals surface area contributed by atoms with E-state index in [-0.39, 0.29) is 5.91 Å². The number of nitrogens with one attached hydrogen (secondary N) is 1. The zero-order chi connectivity index (χ0) is 13.1. The van der Waals surface area contributed by atoms with Crippen molar-refractivity contribution >= 4 is 29.2 Å². The van der Waals surface area contributed by atoms with Crippen LogP contribution in [0.4, 0.5) is 5.69 Å². The van der Waals surface area contributed by atoms with Crippen LogP contribution in [-0.4, -0.2) is 34.2 Å². The first-order valence-electron chi connectivity index (χ1n) is 5.37. The maximum Gasteiger partial charge on any atom is 0.332 e. The number of carbonyl (C=O) groups excluding carboxylic acids is 1. The number of amides is 1. The molecule has 1 fully saturated rings.